The molecule has 0 aromatic heterocycles. The Morgan fingerprint density at radius 2 is 1.76 bits per heavy atom. The van der Waals surface area contributed by atoms with Crippen molar-refractivity contribution in [2.75, 3.05) is 39.3 Å². The second-order valence-corrected chi connectivity index (χ2v) is 8.61. The molecular weight excluding hydrogens is 286 g/mol. The van der Waals surface area contributed by atoms with Gasteiger partial charge in [0, 0.05) is 26.2 Å². The Morgan fingerprint density at radius 1 is 1.10 bits per heavy atom. The van der Waals surface area contributed by atoms with Crippen LogP contribution in [0.4, 0.5) is 0 Å². The van der Waals surface area contributed by atoms with Crippen molar-refractivity contribution in [3.05, 3.63) is 0 Å². The van der Waals surface area contributed by atoms with Gasteiger partial charge in [0.15, 0.2) is 0 Å². The van der Waals surface area contributed by atoms with E-state index in [1.54, 1.807) is 8.61 Å². The average Bonchev–Trinajstić information content (AvgIpc) is 2.48. The molecule has 6 heteroatoms. The second-order valence-electron chi connectivity index (χ2n) is 6.68. The van der Waals surface area contributed by atoms with E-state index in [1.165, 1.54) is 0 Å². The molecule has 1 N–H and O–H groups in total. The zero-order valence-electron chi connectivity index (χ0n) is 13.6. The monoisotopic (exact) mass is 317 g/mol. The van der Waals surface area contributed by atoms with Gasteiger partial charge in [-0.05, 0) is 57.0 Å². The van der Waals surface area contributed by atoms with Gasteiger partial charge in [0.2, 0.25) is 0 Å². The van der Waals surface area contributed by atoms with Crippen molar-refractivity contribution in [3.8, 4) is 0 Å². The standard InChI is InChI=1S/C15H31N3O2S/c1-3-8-16-11-15-7-5-10-18(13-15)21(19,20)17-9-4-6-14(2)12-17/h14-16H,3-13H2,1-2H3. The molecule has 0 amide bonds. The first-order chi connectivity index (χ1) is 10.0. The summed E-state index contributed by atoms with van der Waals surface area (Å²) in [6.45, 7) is 9.03. The molecule has 2 fully saturated rings. The summed E-state index contributed by atoms with van der Waals surface area (Å²) in [5.74, 6) is 0.947. The smallest absolute Gasteiger partial charge is 0.281 e. The van der Waals surface area contributed by atoms with E-state index < -0.39 is 10.2 Å². The Hall–Kier alpha value is -0.170. The molecule has 2 heterocycles. The first-order valence-electron chi connectivity index (χ1n) is 8.50. The van der Waals surface area contributed by atoms with Crippen LogP contribution in [0.15, 0.2) is 0 Å². The van der Waals surface area contributed by atoms with E-state index in [0.29, 0.717) is 38.0 Å². The van der Waals surface area contributed by atoms with Gasteiger partial charge < -0.3 is 5.32 Å². The summed E-state index contributed by atoms with van der Waals surface area (Å²) < 4.78 is 29.0. The van der Waals surface area contributed by atoms with Crippen molar-refractivity contribution < 1.29 is 8.42 Å². The minimum atomic E-state index is -3.24. The van der Waals surface area contributed by atoms with Crippen LogP contribution in [0.25, 0.3) is 0 Å². The highest BCUT2D eigenvalue weighted by Crippen LogP contribution is 2.24. The van der Waals surface area contributed by atoms with Gasteiger partial charge in [-0.3, -0.25) is 0 Å². The molecule has 2 atom stereocenters. The summed E-state index contributed by atoms with van der Waals surface area (Å²) in [5.41, 5.74) is 0. The average molecular weight is 317 g/mol. The summed E-state index contributed by atoms with van der Waals surface area (Å²) in [4.78, 5) is 0. The predicted molar refractivity (Wildman–Crippen MR) is 86.3 cm³/mol. The molecule has 21 heavy (non-hydrogen) atoms. The summed E-state index contributed by atoms with van der Waals surface area (Å²) in [6, 6.07) is 0. The number of nitrogens with one attached hydrogen (secondary N) is 1. The van der Waals surface area contributed by atoms with Gasteiger partial charge in [0.05, 0.1) is 0 Å². The van der Waals surface area contributed by atoms with Gasteiger partial charge in [-0.2, -0.15) is 17.0 Å². The van der Waals surface area contributed by atoms with Crippen LogP contribution < -0.4 is 5.32 Å². The van der Waals surface area contributed by atoms with E-state index in [-0.39, 0.29) is 0 Å². The van der Waals surface area contributed by atoms with Gasteiger partial charge in [-0.25, -0.2) is 0 Å². The molecule has 0 aliphatic carbocycles. The molecule has 2 unspecified atom stereocenters. The lowest BCUT2D eigenvalue weighted by Gasteiger charge is -2.38. The van der Waals surface area contributed by atoms with Crippen LogP contribution in [0.2, 0.25) is 0 Å². The molecule has 2 aliphatic heterocycles. The van der Waals surface area contributed by atoms with Gasteiger partial charge in [0.25, 0.3) is 10.2 Å². The van der Waals surface area contributed by atoms with Crippen LogP contribution >= 0.6 is 0 Å². The van der Waals surface area contributed by atoms with Crippen LogP contribution in [0.5, 0.6) is 0 Å². The van der Waals surface area contributed by atoms with Crippen molar-refractivity contribution in [2.45, 2.75) is 46.0 Å². The zero-order chi connectivity index (χ0) is 15.3. The molecule has 0 aromatic rings. The number of piperidine rings is 2. The van der Waals surface area contributed by atoms with Gasteiger partial charge in [0.1, 0.15) is 0 Å². The summed E-state index contributed by atoms with van der Waals surface area (Å²) >= 11 is 0. The number of nitrogens with zero attached hydrogens (tertiary/aromatic N) is 2. The largest absolute Gasteiger partial charge is 0.316 e. The number of hydrogen-bond donors (Lipinski definition) is 1. The van der Waals surface area contributed by atoms with Crippen LogP contribution in [-0.4, -0.2) is 56.3 Å². The third kappa shape index (κ3) is 4.65. The van der Waals surface area contributed by atoms with Gasteiger partial charge in [-0.1, -0.05) is 13.8 Å². The van der Waals surface area contributed by atoms with Crippen LogP contribution in [0.1, 0.15) is 46.0 Å². The highest BCUT2D eigenvalue weighted by Gasteiger charge is 2.35. The third-order valence-corrected chi connectivity index (χ3v) is 6.58. The van der Waals surface area contributed by atoms with Crippen LogP contribution in [0.3, 0.4) is 0 Å². The van der Waals surface area contributed by atoms with Gasteiger partial charge in [-0.15, -0.1) is 0 Å². The maximum Gasteiger partial charge on any atom is 0.281 e. The molecule has 2 rings (SSSR count). The topological polar surface area (TPSA) is 52.7 Å². The number of hydrogen-bond acceptors (Lipinski definition) is 3. The Balaban J connectivity index is 1.92. The molecule has 2 aliphatic rings. The molecule has 0 radical (unpaired) electrons. The predicted octanol–water partition coefficient (Wildman–Crippen LogP) is 1.67. The lowest BCUT2D eigenvalue weighted by atomic mass is 10.00. The fourth-order valence-electron chi connectivity index (χ4n) is 3.41. The van der Waals surface area contributed by atoms with E-state index in [9.17, 15) is 8.42 Å². The normalized spacial score (nSPS) is 29.6. The molecular formula is C15H31N3O2S. The first-order valence-corrected chi connectivity index (χ1v) is 9.89. The quantitative estimate of drug-likeness (QED) is 0.758. The van der Waals surface area contributed by atoms with Crippen molar-refractivity contribution in [1.29, 1.82) is 0 Å². The van der Waals surface area contributed by atoms with Crippen molar-refractivity contribution >= 4 is 10.2 Å². The molecule has 124 valence electrons. The second kappa shape index (κ2) is 7.90. The van der Waals surface area contributed by atoms with Crippen molar-refractivity contribution in [2.24, 2.45) is 11.8 Å². The van der Waals surface area contributed by atoms with E-state index in [0.717, 1.165) is 45.2 Å². The van der Waals surface area contributed by atoms with Crippen LogP contribution in [-0.2, 0) is 10.2 Å². The maximum atomic E-state index is 12.8. The van der Waals surface area contributed by atoms with E-state index >= 15 is 0 Å². The first kappa shape index (κ1) is 17.2. The number of rotatable bonds is 6. The maximum absolute atomic E-state index is 12.8. The summed E-state index contributed by atoms with van der Waals surface area (Å²) in [7, 11) is -3.24. The Kier molecular flexibility index (Phi) is 6.47. The summed E-state index contributed by atoms with van der Waals surface area (Å²) in [5, 5.41) is 3.43. The molecule has 0 aromatic carbocycles. The summed E-state index contributed by atoms with van der Waals surface area (Å²) in [6.07, 6.45) is 5.39. The van der Waals surface area contributed by atoms with E-state index in [1.807, 2.05) is 0 Å². The molecule has 0 bridgehead atoms. The van der Waals surface area contributed by atoms with Crippen molar-refractivity contribution in [1.82, 2.24) is 13.9 Å². The van der Waals surface area contributed by atoms with Crippen molar-refractivity contribution in [3.63, 3.8) is 0 Å². The zero-order valence-corrected chi connectivity index (χ0v) is 14.4. The fourth-order valence-corrected chi connectivity index (χ4v) is 5.29. The molecule has 5 nitrogen and oxygen atoms in total. The Morgan fingerprint density at radius 3 is 2.43 bits per heavy atom. The fraction of sp³-hybridized carbons (Fsp3) is 1.00. The minimum absolute atomic E-state index is 0.460. The highest BCUT2D eigenvalue weighted by atomic mass is 32.2. The minimum Gasteiger partial charge on any atom is -0.316 e. The van der Waals surface area contributed by atoms with Gasteiger partial charge >= 0.3 is 0 Å². The molecule has 2 saturated heterocycles. The SMILES string of the molecule is CCCNCC1CCCN(S(=O)(=O)N2CCCC(C)C2)C1. The molecule has 0 spiro atoms. The van der Waals surface area contributed by atoms with E-state index in [4.69, 9.17) is 0 Å². The lowest BCUT2D eigenvalue weighted by molar-refractivity contribution is 0.220. The third-order valence-electron chi connectivity index (χ3n) is 4.61. The Labute approximate surface area is 130 Å². The van der Waals surface area contributed by atoms with Crippen LogP contribution in [0, 0.1) is 11.8 Å². The molecule has 0 saturated carbocycles. The van der Waals surface area contributed by atoms with E-state index in [2.05, 4.69) is 19.2 Å². The lowest BCUT2D eigenvalue weighted by Crippen LogP contribution is -2.51. The Bertz CT molecular complexity index is 413. The highest BCUT2D eigenvalue weighted by molar-refractivity contribution is 7.86.